The van der Waals surface area contributed by atoms with Crippen molar-refractivity contribution in [1.29, 1.82) is 0 Å². The standard InChI is InChI=1S/C14H12N2/c1-16-10-8-13(9-11-16)3-2-12-4-6-14(15)7-5-12/h4-11,15H,1H3/p+1. The van der Waals surface area contributed by atoms with Crippen LogP contribution in [-0.2, 0) is 7.05 Å². The van der Waals surface area contributed by atoms with Crippen molar-refractivity contribution in [3.8, 4) is 11.8 Å². The number of hydrogen-bond acceptors (Lipinski definition) is 1. The van der Waals surface area contributed by atoms with Gasteiger partial charge in [-0.3, -0.25) is 0 Å². The molecular weight excluding hydrogens is 196 g/mol. The van der Waals surface area contributed by atoms with Gasteiger partial charge >= 0.3 is 0 Å². The summed E-state index contributed by atoms with van der Waals surface area (Å²) < 4.78 is 1.98. The molecule has 0 amide bonds. The highest BCUT2D eigenvalue weighted by atomic mass is 14.9. The largest absolute Gasteiger partial charge is 0.399 e. The van der Waals surface area contributed by atoms with Gasteiger partial charge in [0, 0.05) is 28.9 Å². The summed E-state index contributed by atoms with van der Waals surface area (Å²) in [6, 6.07) is 11.5. The van der Waals surface area contributed by atoms with Gasteiger partial charge in [-0.05, 0) is 24.3 Å². The maximum Gasteiger partial charge on any atom is 0.169 e. The molecule has 0 aliphatic heterocycles. The van der Waals surface area contributed by atoms with E-state index in [9.17, 15) is 0 Å². The lowest BCUT2D eigenvalue weighted by atomic mass is 10.2. The van der Waals surface area contributed by atoms with Crippen LogP contribution in [-0.4, -0.2) is 0 Å². The first-order valence-electron chi connectivity index (χ1n) is 5.07. The van der Waals surface area contributed by atoms with E-state index in [4.69, 9.17) is 5.73 Å². The Labute approximate surface area is 95.4 Å². The normalized spacial score (nSPS) is 9.31. The minimum absolute atomic E-state index is 0.761. The number of pyridine rings is 1. The fourth-order valence-electron chi connectivity index (χ4n) is 1.30. The molecule has 0 bridgehead atoms. The van der Waals surface area contributed by atoms with Crippen LogP contribution in [0, 0.1) is 11.8 Å². The zero-order valence-corrected chi connectivity index (χ0v) is 9.14. The van der Waals surface area contributed by atoms with Gasteiger partial charge in [0.1, 0.15) is 7.05 Å². The predicted octanol–water partition coefficient (Wildman–Crippen LogP) is 1.49. The lowest BCUT2D eigenvalue weighted by Crippen LogP contribution is -2.25. The highest BCUT2D eigenvalue weighted by Gasteiger charge is 1.91. The van der Waals surface area contributed by atoms with Crippen LogP contribution in [0.5, 0.6) is 0 Å². The van der Waals surface area contributed by atoms with Gasteiger partial charge in [0.25, 0.3) is 0 Å². The van der Waals surface area contributed by atoms with E-state index in [1.807, 2.05) is 60.4 Å². The third-order valence-corrected chi connectivity index (χ3v) is 2.24. The number of rotatable bonds is 0. The number of nitrogens with zero attached hydrogens (tertiary/aromatic N) is 1. The molecule has 2 N–H and O–H groups in total. The fraction of sp³-hybridized carbons (Fsp3) is 0.0714. The van der Waals surface area contributed by atoms with Crippen LogP contribution in [0.4, 0.5) is 5.69 Å². The summed E-state index contributed by atoms with van der Waals surface area (Å²) >= 11 is 0. The summed E-state index contributed by atoms with van der Waals surface area (Å²) in [5, 5.41) is 0. The van der Waals surface area contributed by atoms with Gasteiger partial charge in [0.2, 0.25) is 0 Å². The Balaban J connectivity index is 2.21. The predicted molar refractivity (Wildman–Crippen MR) is 64.5 cm³/mol. The Morgan fingerprint density at radius 1 is 0.875 bits per heavy atom. The van der Waals surface area contributed by atoms with Crippen molar-refractivity contribution in [3.05, 3.63) is 59.9 Å². The molecule has 78 valence electrons. The lowest BCUT2D eigenvalue weighted by molar-refractivity contribution is -0.671. The van der Waals surface area contributed by atoms with Crippen LogP contribution >= 0.6 is 0 Å². The average Bonchev–Trinajstić information content (AvgIpc) is 2.30. The zero-order chi connectivity index (χ0) is 11.4. The van der Waals surface area contributed by atoms with Gasteiger partial charge < -0.3 is 5.73 Å². The molecule has 0 saturated carbocycles. The zero-order valence-electron chi connectivity index (χ0n) is 9.14. The second-order valence-electron chi connectivity index (χ2n) is 3.62. The molecule has 16 heavy (non-hydrogen) atoms. The van der Waals surface area contributed by atoms with E-state index < -0.39 is 0 Å². The third-order valence-electron chi connectivity index (χ3n) is 2.24. The first-order chi connectivity index (χ1) is 7.74. The van der Waals surface area contributed by atoms with Crippen LogP contribution in [0.3, 0.4) is 0 Å². The van der Waals surface area contributed by atoms with Crippen molar-refractivity contribution in [2.45, 2.75) is 0 Å². The van der Waals surface area contributed by atoms with E-state index in [1.54, 1.807) is 0 Å². The summed E-state index contributed by atoms with van der Waals surface area (Å²) in [7, 11) is 1.98. The molecule has 0 unspecified atom stereocenters. The third kappa shape index (κ3) is 2.61. The Bertz CT molecular complexity index is 478. The molecule has 1 aromatic heterocycles. The van der Waals surface area contributed by atoms with E-state index in [-0.39, 0.29) is 0 Å². The Morgan fingerprint density at radius 2 is 1.38 bits per heavy atom. The second-order valence-corrected chi connectivity index (χ2v) is 3.62. The first kappa shape index (κ1) is 10.3. The summed E-state index contributed by atoms with van der Waals surface area (Å²) in [5.41, 5.74) is 8.34. The van der Waals surface area contributed by atoms with Crippen molar-refractivity contribution < 1.29 is 4.57 Å². The molecule has 2 nitrogen and oxygen atoms in total. The maximum atomic E-state index is 5.60. The van der Waals surface area contributed by atoms with Gasteiger partial charge in [0.05, 0.1) is 0 Å². The van der Waals surface area contributed by atoms with E-state index in [0.717, 1.165) is 16.8 Å². The number of nitrogen functional groups attached to an aromatic ring is 1. The maximum absolute atomic E-state index is 5.60. The van der Waals surface area contributed by atoms with Crippen LogP contribution in [0.25, 0.3) is 0 Å². The Hall–Kier alpha value is -2.27. The Kier molecular flexibility index (Phi) is 2.88. The molecule has 0 radical (unpaired) electrons. The van der Waals surface area contributed by atoms with Gasteiger partial charge in [-0.1, -0.05) is 11.8 Å². The number of hydrogen-bond donors (Lipinski definition) is 1. The smallest absolute Gasteiger partial charge is 0.169 e. The topological polar surface area (TPSA) is 29.9 Å². The molecule has 0 fully saturated rings. The van der Waals surface area contributed by atoms with Crippen molar-refractivity contribution in [3.63, 3.8) is 0 Å². The summed E-state index contributed by atoms with van der Waals surface area (Å²) in [6.07, 6.45) is 3.96. The lowest BCUT2D eigenvalue weighted by Gasteiger charge is -1.92. The number of anilines is 1. The van der Waals surface area contributed by atoms with Crippen molar-refractivity contribution in [1.82, 2.24) is 0 Å². The molecule has 1 aromatic carbocycles. The molecule has 0 atom stereocenters. The van der Waals surface area contributed by atoms with Gasteiger partial charge in [-0.15, -0.1) is 0 Å². The minimum Gasteiger partial charge on any atom is -0.399 e. The van der Waals surface area contributed by atoms with Crippen LogP contribution in [0.15, 0.2) is 48.8 Å². The van der Waals surface area contributed by atoms with Gasteiger partial charge in [0.15, 0.2) is 12.4 Å². The summed E-state index contributed by atoms with van der Waals surface area (Å²) in [5.74, 6) is 6.20. The van der Waals surface area contributed by atoms with Crippen LogP contribution in [0.2, 0.25) is 0 Å². The average molecular weight is 209 g/mol. The molecule has 0 aliphatic rings. The van der Waals surface area contributed by atoms with Crippen molar-refractivity contribution >= 4 is 5.69 Å². The monoisotopic (exact) mass is 209 g/mol. The van der Waals surface area contributed by atoms with Crippen molar-refractivity contribution in [2.24, 2.45) is 7.05 Å². The fourth-order valence-corrected chi connectivity index (χ4v) is 1.30. The molecule has 0 spiro atoms. The molecule has 1 heterocycles. The molecule has 2 heteroatoms. The molecular formula is C14H13N2+. The minimum atomic E-state index is 0.761. The molecule has 0 aliphatic carbocycles. The number of benzene rings is 1. The van der Waals surface area contributed by atoms with Crippen LogP contribution in [0.1, 0.15) is 11.1 Å². The number of aryl methyl sites for hydroxylation is 1. The SMILES string of the molecule is C[n+]1ccc(C#Cc2ccc(N)cc2)cc1. The Morgan fingerprint density at radius 3 is 1.94 bits per heavy atom. The van der Waals surface area contributed by atoms with Gasteiger partial charge in [-0.2, -0.15) is 0 Å². The van der Waals surface area contributed by atoms with Crippen molar-refractivity contribution in [2.75, 3.05) is 5.73 Å². The van der Waals surface area contributed by atoms with Crippen LogP contribution < -0.4 is 10.3 Å². The number of nitrogens with two attached hydrogens (primary N) is 1. The highest BCUT2D eigenvalue weighted by Crippen LogP contribution is 2.04. The molecule has 0 saturated heterocycles. The van der Waals surface area contributed by atoms with E-state index in [2.05, 4.69) is 11.8 Å². The quantitative estimate of drug-likeness (QED) is 0.398. The van der Waals surface area contributed by atoms with Gasteiger partial charge in [-0.25, -0.2) is 4.57 Å². The summed E-state index contributed by atoms with van der Waals surface area (Å²) in [4.78, 5) is 0. The summed E-state index contributed by atoms with van der Waals surface area (Å²) in [6.45, 7) is 0. The molecule has 2 rings (SSSR count). The van der Waals surface area contributed by atoms with E-state index in [1.165, 1.54) is 0 Å². The van der Waals surface area contributed by atoms with E-state index >= 15 is 0 Å². The number of aromatic nitrogens is 1. The van der Waals surface area contributed by atoms with E-state index in [0.29, 0.717) is 0 Å². The highest BCUT2D eigenvalue weighted by molar-refractivity contribution is 5.47. The second kappa shape index (κ2) is 4.50. The molecule has 2 aromatic rings. The first-order valence-corrected chi connectivity index (χ1v) is 5.07.